The molecule has 2 N–H and O–H groups in total. The molecule has 0 atom stereocenters. The summed E-state index contributed by atoms with van der Waals surface area (Å²) in [5.74, 6) is -0.840. The highest BCUT2D eigenvalue weighted by atomic mass is 32.1. The summed E-state index contributed by atoms with van der Waals surface area (Å²) in [5.41, 5.74) is 0.673. The molecule has 1 aliphatic rings. The monoisotopic (exact) mass is 310 g/mol. The first kappa shape index (κ1) is 15.9. The van der Waals surface area contributed by atoms with Crippen LogP contribution in [-0.2, 0) is 16.0 Å². The highest BCUT2D eigenvalue weighted by Gasteiger charge is 2.37. The summed E-state index contributed by atoms with van der Waals surface area (Å²) in [6.45, 7) is 2.52. The van der Waals surface area contributed by atoms with Gasteiger partial charge in [-0.3, -0.25) is 9.59 Å². The standard InChI is InChI=1S/C15H22N2O3S/c1-11-17-12(10-21-11)4-7-16-13(18)8-15(9-14(19)20)5-2-3-6-15/h10H,2-9H2,1H3,(H,16,18)(H,19,20). The Bertz CT molecular complexity index is 507. The second kappa shape index (κ2) is 7.02. The Kier molecular flexibility index (Phi) is 5.33. The molecule has 0 aliphatic heterocycles. The van der Waals surface area contributed by atoms with Crippen molar-refractivity contribution >= 4 is 23.2 Å². The van der Waals surface area contributed by atoms with Gasteiger partial charge in [0.05, 0.1) is 17.1 Å². The van der Waals surface area contributed by atoms with Crippen molar-refractivity contribution in [1.82, 2.24) is 10.3 Å². The van der Waals surface area contributed by atoms with E-state index in [9.17, 15) is 9.59 Å². The van der Waals surface area contributed by atoms with Crippen LogP contribution in [0.3, 0.4) is 0 Å². The van der Waals surface area contributed by atoms with E-state index in [0.29, 0.717) is 13.0 Å². The fourth-order valence-corrected chi connectivity index (χ4v) is 3.77. The van der Waals surface area contributed by atoms with Gasteiger partial charge >= 0.3 is 5.97 Å². The first-order chi connectivity index (χ1) is 9.99. The van der Waals surface area contributed by atoms with Gasteiger partial charge in [-0.15, -0.1) is 11.3 Å². The van der Waals surface area contributed by atoms with Crippen molar-refractivity contribution in [1.29, 1.82) is 0 Å². The molecule has 0 unspecified atom stereocenters. The third-order valence-corrected chi connectivity index (χ3v) is 4.92. The zero-order chi connectivity index (χ0) is 15.3. The predicted molar refractivity (Wildman–Crippen MR) is 81.3 cm³/mol. The third-order valence-electron chi connectivity index (χ3n) is 4.10. The molecule has 1 aromatic heterocycles. The molecular weight excluding hydrogens is 288 g/mol. The Labute approximate surface area is 128 Å². The van der Waals surface area contributed by atoms with Gasteiger partial charge in [0.15, 0.2) is 0 Å². The molecule has 6 heteroatoms. The Balaban J connectivity index is 1.78. The van der Waals surface area contributed by atoms with Gasteiger partial charge in [-0.2, -0.15) is 0 Å². The highest BCUT2D eigenvalue weighted by molar-refractivity contribution is 7.09. The van der Waals surface area contributed by atoms with Crippen LogP contribution in [0.5, 0.6) is 0 Å². The fraction of sp³-hybridized carbons (Fsp3) is 0.667. The Hall–Kier alpha value is -1.43. The van der Waals surface area contributed by atoms with Crippen LogP contribution in [0.4, 0.5) is 0 Å². The van der Waals surface area contributed by atoms with E-state index in [0.717, 1.165) is 42.8 Å². The lowest BCUT2D eigenvalue weighted by Crippen LogP contribution is -2.33. The van der Waals surface area contributed by atoms with Crippen LogP contribution in [0.1, 0.15) is 49.2 Å². The van der Waals surface area contributed by atoms with Gasteiger partial charge in [0.25, 0.3) is 0 Å². The molecule has 0 aromatic carbocycles. The maximum absolute atomic E-state index is 12.1. The molecule has 116 valence electrons. The molecule has 0 bridgehead atoms. The Morgan fingerprint density at radius 2 is 2.10 bits per heavy atom. The number of aliphatic carboxylic acids is 1. The van der Waals surface area contributed by atoms with Crippen LogP contribution in [0.2, 0.25) is 0 Å². The van der Waals surface area contributed by atoms with Crippen molar-refractivity contribution in [3.63, 3.8) is 0 Å². The van der Waals surface area contributed by atoms with E-state index in [-0.39, 0.29) is 17.7 Å². The summed E-state index contributed by atoms with van der Waals surface area (Å²) in [7, 11) is 0. The van der Waals surface area contributed by atoms with Crippen LogP contribution in [0.15, 0.2) is 5.38 Å². The van der Waals surface area contributed by atoms with Gasteiger partial charge in [-0.05, 0) is 25.2 Å². The molecule has 0 saturated heterocycles. The number of carbonyl (C=O) groups excluding carboxylic acids is 1. The predicted octanol–water partition coefficient (Wildman–Crippen LogP) is 2.54. The van der Waals surface area contributed by atoms with Crippen LogP contribution in [0, 0.1) is 12.3 Å². The lowest BCUT2D eigenvalue weighted by molar-refractivity contribution is -0.140. The maximum Gasteiger partial charge on any atom is 0.303 e. The summed E-state index contributed by atoms with van der Waals surface area (Å²) >= 11 is 1.61. The SMILES string of the molecule is Cc1nc(CCNC(=O)CC2(CC(=O)O)CCCC2)cs1. The highest BCUT2D eigenvalue weighted by Crippen LogP contribution is 2.43. The zero-order valence-corrected chi connectivity index (χ0v) is 13.2. The number of aromatic nitrogens is 1. The van der Waals surface area contributed by atoms with Crippen molar-refractivity contribution in [2.75, 3.05) is 6.54 Å². The normalized spacial score (nSPS) is 16.8. The molecule has 2 rings (SSSR count). The van der Waals surface area contributed by atoms with E-state index >= 15 is 0 Å². The van der Waals surface area contributed by atoms with Gasteiger partial charge in [0, 0.05) is 24.8 Å². The van der Waals surface area contributed by atoms with Gasteiger partial charge in [-0.1, -0.05) is 12.8 Å². The van der Waals surface area contributed by atoms with Gasteiger partial charge < -0.3 is 10.4 Å². The molecular formula is C15H22N2O3S. The molecule has 1 saturated carbocycles. The fourth-order valence-electron chi connectivity index (χ4n) is 3.12. The number of amides is 1. The third kappa shape index (κ3) is 4.81. The summed E-state index contributed by atoms with van der Waals surface area (Å²) in [6, 6.07) is 0. The van der Waals surface area contributed by atoms with Crippen molar-refractivity contribution < 1.29 is 14.7 Å². The minimum absolute atomic E-state index is 0.0369. The summed E-state index contributed by atoms with van der Waals surface area (Å²) in [5, 5.41) is 15.0. The molecule has 5 nitrogen and oxygen atoms in total. The Morgan fingerprint density at radius 1 is 1.38 bits per heavy atom. The van der Waals surface area contributed by atoms with Crippen molar-refractivity contribution in [2.45, 2.75) is 51.9 Å². The second-order valence-corrected chi connectivity index (χ2v) is 6.97. The average Bonchev–Trinajstić information content (AvgIpc) is 2.98. The first-order valence-electron chi connectivity index (χ1n) is 7.39. The van der Waals surface area contributed by atoms with E-state index in [4.69, 9.17) is 5.11 Å². The van der Waals surface area contributed by atoms with E-state index in [2.05, 4.69) is 10.3 Å². The maximum atomic E-state index is 12.1. The lowest BCUT2D eigenvalue weighted by Gasteiger charge is -2.26. The zero-order valence-electron chi connectivity index (χ0n) is 12.4. The molecule has 1 aliphatic carbocycles. The van der Waals surface area contributed by atoms with Gasteiger partial charge in [-0.25, -0.2) is 4.98 Å². The number of hydrogen-bond acceptors (Lipinski definition) is 4. The molecule has 21 heavy (non-hydrogen) atoms. The molecule has 0 radical (unpaired) electrons. The van der Waals surface area contributed by atoms with Crippen molar-refractivity contribution in [2.24, 2.45) is 5.41 Å². The van der Waals surface area contributed by atoms with E-state index in [1.54, 1.807) is 11.3 Å². The number of carboxylic acid groups (broad SMARTS) is 1. The van der Waals surface area contributed by atoms with Crippen LogP contribution >= 0.6 is 11.3 Å². The first-order valence-corrected chi connectivity index (χ1v) is 8.27. The minimum Gasteiger partial charge on any atom is -0.481 e. The minimum atomic E-state index is -0.803. The van der Waals surface area contributed by atoms with Crippen LogP contribution in [0.25, 0.3) is 0 Å². The van der Waals surface area contributed by atoms with E-state index in [1.807, 2.05) is 12.3 Å². The second-order valence-electron chi connectivity index (χ2n) is 5.91. The molecule has 1 fully saturated rings. The summed E-state index contributed by atoms with van der Waals surface area (Å²) < 4.78 is 0. The van der Waals surface area contributed by atoms with Gasteiger partial charge in [0.2, 0.25) is 5.91 Å². The number of carboxylic acids is 1. The van der Waals surface area contributed by atoms with Crippen LogP contribution in [-0.4, -0.2) is 28.5 Å². The number of hydrogen-bond donors (Lipinski definition) is 2. The number of carbonyl (C=O) groups is 2. The molecule has 1 heterocycles. The number of nitrogens with one attached hydrogen (secondary N) is 1. The van der Waals surface area contributed by atoms with Crippen LogP contribution < -0.4 is 5.32 Å². The van der Waals surface area contributed by atoms with Crippen molar-refractivity contribution in [3.05, 3.63) is 16.1 Å². The van der Waals surface area contributed by atoms with E-state index in [1.165, 1.54) is 0 Å². The number of rotatable bonds is 7. The number of thiazole rings is 1. The number of aryl methyl sites for hydroxylation is 1. The smallest absolute Gasteiger partial charge is 0.303 e. The largest absolute Gasteiger partial charge is 0.481 e. The molecule has 1 amide bonds. The van der Waals surface area contributed by atoms with E-state index < -0.39 is 5.97 Å². The summed E-state index contributed by atoms with van der Waals surface area (Å²) in [6.07, 6.45) is 4.90. The average molecular weight is 310 g/mol. The molecule has 1 aromatic rings. The Morgan fingerprint density at radius 3 is 2.67 bits per heavy atom. The number of nitrogens with zero attached hydrogens (tertiary/aromatic N) is 1. The summed E-state index contributed by atoms with van der Waals surface area (Å²) in [4.78, 5) is 27.4. The topological polar surface area (TPSA) is 79.3 Å². The molecule has 0 spiro atoms. The quantitative estimate of drug-likeness (QED) is 0.811. The lowest BCUT2D eigenvalue weighted by atomic mass is 9.79. The van der Waals surface area contributed by atoms with Gasteiger partial charge in [0.1, 0.15) is 0 Å². The van der Waals surface area contributed by atoms with Crippen molar-refractivity contribution in [3.8, 4) is 0 Å².